The SMILES string of the molecule is CNCCCCNC(=O)n1ccc2c(N(C)[C@H]3CN(C(=O)CC#N)CC[C@H]3C)ncnc21. The van der Waals surface area contributed by atoms with Crippen LogP contribution in [0.2, 0.25) is 0 Å². The van der Waals surface area contributed by atoms with E-state index in [1.165, 1.54) is 10.9 Å². The maximum Gasteiger partial charge on any atom is 0.327 e. The lowest BCUT2D eigenvalue weighted by Crippen LogP contribution is -2.52. The van der Waals surface area contributed by atoms with Crippen LogP contribution in [-0.2, 0) is 4.79 Å². The zero-order valence-electron chi connectivity index (χ0n) is 19.0. The monoisotopic (exact) mass is 440 g/mol. The summed E-state index contributed by atoms with van der Waals surface area (Å²) in [6, 6.07) is 3.64. The molecule has 172 valence electrons. The summed E-state index contributed by atoms with van der Waals surface area (Å²) >= 11 is 0. The number of nitrogens with zero attached hydrogens (tertiary/aromatic N) is 6. The molecule has 0 radical (unpaired) electrons. The molecule has 2 atom stereocenters. The van der Waals surface area contributed by atoms with Gasteiger partial charge >= 0.3 is 6.03 Å². The fourth-order valence-corrected chi connectivity index (χ4v) is 4.21. The predicted octanol–water partition coefficient (Wildman–Crippen LogP) is 1.58. The van der Waals surface area contributed by atoms with Crippen molar-refractivity contribution in [2.75, 3.05) is 45.2 Å². The molecule has 3 rings (SSSR count). The number of unbranched alkanes of at least 4 members (excludes halogenated alkanes) is 1. The van der Waals surface area contributed by atoms with Crippen molar-refractivity contribution < 1.29 is 9.59 Å². The quantitative estimate of drug-likeness (QED) is 0.598. The highest BCUT2D eigenvalue weighted by Crippen LogP contribution is 2.29. The van der Waals surface area contributed by atoms with Gasteiger partial charge in [0.1, 0.15) is 18.6 Å². The van der Waals surface area contributed by atoms with Gasteiger partial charge in [-0.2, -0.15) is 5.26 Å². The summed E-state index contributed by atoms with van der Waals surface area (Å²) in [5.41, 5.74) is 0.551. The number of likely N-dealkylation sites (N-methyl/N-ethyl adjacent to an activating group) is 1. The number of nitrogens with one attached hydrogen (secondary N) is 2. The van der Waals surface area contributed by atoms with E-state index in [0.717, 1.165) is 37.0 Å². The number of carbonyl (C=O) groups excluding carboxylic acids is 2. The molecule has 0 aliphatic carbocycles. The molecule has 0 spiro atoms. The minimum Gasteiger partial charge on any atom is -0.354 e. The number of nitriles is 1. The van der Waals surface area contributed by atoms with Crippen LogP contribution in [0.25, 0.3) is 11.0 Å². The van der Waals surface area contributed by atoms with Crippen LogP contribution < -0.4 is 15.5 Å². The Morgan fingerprint density at radius 2 is 2.09 bits per heavy atom. The maximum atomic E-state index is 12.7. The van der Waals surface area contributed by atoms with Crippen LogP contribution in [0, 0.1) is 17.2 Å². The average Bonchev–Trinajstić information content (AvgIpc) is 3.23. The molecule has 2 aromatic rings. The summed E-state index contributed by atoms with van der Waals surface area (Å²) in [6.07, 6.45) is 5.83. The summed E-state index contributed by atoms with van der Waals surface area (Å²) in [5.74, 6) is 0.935. The van der Waals surface area contributed by atoms with Crippen LogP contribution in [0.5, 0.6) is 0 Å². The molecular formula is C22H32N8O2. The van der Waals surface area contributed by atoms with Crippen molar-refractivity contribution in [3.8, 4) is 6.07 Å². The Morgan fingerprint density at radius 3 is 2.84 bits per heavy atom. The van der Waals surface area contributed by atoms with Crippen LogP contribution in [-0.4, -0.2) is 77.7 Å². The average molecular weight is 441 g/mol. The number of aromatic nitrogens is 3. The largest absolute Gasteiger partial charge is 0.354 e. The fourth-order valence-electron chi connectivity index (χ4n) is 4.21. The van der Waals surface area contributed by atoms with Gasteiger partial charge < -0.3 is 20.4 Å². The van der Waals surface area contributed by atoms with E-state index < -0.39 is 0 Å². The van der Waals surface area contributed by atoms with Crippen molar-refractivity contribution in [2.24, 2.45) is 5.92 Å². The minimum absolute atomic E-state index is 0.0499. The summed E-state index contributed by atoms with van der Waals surface area (Å²) in [7, 11) is 3.87. The standard InChI is InChI=1S/C22H32N8O2/c1-16-7-12-29(19(31)6-9-23)14-18(16)28(3)20-17-8-13-30(21(17)27-15-26-20)22(32)25-11-5-4-10-24-2/h8,13,15-16,18,24H,4-7,10-12,14H2,1-3H3,(H,25,32)/t16-,18+/m1/s1. The van der Waals surface area contributed by atoms with Crippen LogP contribution in [0.4, 0.5) is 10.6 Å². The van der Waals surface area contributed by atoms with Gasteiger partial charge in [-0.05, 0) is 44.8 Å². The zero-order valence-corrected chi connectivity index (χ0v) is 19.0. The van der Waals surface area contributed by atoms with Gasteiger partial charge in [-0.1, -0.05) is 6.92 Å². The lowest BCUT2D eigenvalue weighted by Gasteiger charge is -2.42. The van der Waals surface area contributed by atoms with Gasteiger partial charge in [0.05, 0.1) is 17.5 Å². The van der Waals surface area contributed by atoms with Gasteiger partial charge in [0.25, 0.3) is 0 Å². The molecular weight excluding hydrogens is 408 g/mol. The van der Waals surface area contributed by atoms with Crippen LogP contribution in [0.1, 0.15) is 32.6 Å². The number of anilines is 1. The van der Waals surface area contributed by atoms with E-state index in [2.05, 4.69) is 32.4 Å². The van der Waals surface area contributed by atoms with E-state index in [4.69, 9.17) is 5.26 Å². The number of carbonyl (C=O) groups is 2. The molecule has 2 amide bonds. The summed E-state index contributed by atoms with van der Waals surface area (Å²) < 4.78 is 1.51. The number of fused-ring (bicyclic) bond motifs is 1. The van der Waals surface area contributed by atoms with Crippen molar-refractivity contribution in [2.45, 2.75) is 38.6 Å². The molecule has 1 fully saturated rings. The second-order valence-corrected chi connectivity index (χ2v) is 8.28. The minimum atomic E-state index is -0.212. The Morgan fingerprint density at radius 1 is 1.31 bits per heavy atom. The first-order chi connectivity index (χ1) is 15.5. The molecule has 3 heterocycles. The highest BCUT2D eigenvalue weighted by Gasteiger charge is 2.32. The molecule has 1 aliphatic rings. The number of amides is 2. The first-order valence-corrected chi connectivity index (χ1v) is 11.1. The maximum absolute atomic E-state index is 12.7. The topological polar surface area (TPSA) is 119 Å². The number of likely N-dealkylation sites (tertiary alicyclic amines) is 1. The van der Waals surface area contributed by atoms with Gasteiger partial charge in [-0.15, -0.1) is 0 Å². The molecule has 10 nitrogen and oxygen atoms in total. The number of rotatable bonds is 8. The van der Waals surface area contributed by atoms with Crippen molar-refractivity contribution in [1.29, 1.82) is 5.26 Å². The zero-order chi connectivity index (χ0) is 23.1. The molecule has 2 N–H and O–H groups in total. The van der Waals surface area contributed by atoms with E-state index in [9.17, 15) is 9.59 Å². The van der Waals surface area contributed by atoms with E-state index in [1.807, 2.05) is 26.2 Å². The highest BCUT2D eigenvalue weighted by molar-refractivity contribution is 5.94. The van der Waals surface area contributed by atoms with Crippen molar-refractivity contribution in [1.82, 2.24) is 30.1 Å². The molecule has 0 unspecified atom stereocenters. The van der Waals surface area contributed by atoms with E-state index in [-0.39, 0.29) is 24.4 Å². The summed E-state index contributed by atoms with van der Waals surface area (Å²) in [6.45, 7) is 4.89. The van der Waals surface area contributed by atoms with E-state index >= 15 is 0 Å². The Hall–Kier alpha value is -3.19. The van der Waals surface area contributed by atoms with Crippen LogP contribution >= 0.6 is 0 Å². The normalized spacial score (nSPS) is 18.4. The fraction of sp³-hybridized carbons (Fsp3) is 0.591. The predicted molar refractivity (Wildman–Crippen MR) is 122 cm³/mol. The van der Waals surface area contributed by atoms with Gasteiger partial charge in [0.2, 0.25) is 5.91 Å². The molecule has 2 aromatic heterocycles. The smallest absolute Gasteiger partial charge is 0.327 e. The van der Waals surface area contributed by atoms with E-state index in [1.54, 1.807) is 11.1 Å². The third-order valence-corrected chi connectivity index (χ3v) is 6.14. The Kier molecular flexibility index (Phi) is 8.00. The molecule has 0 aromatic carbocycles. The molecule has 32 heavy (non-hydrogen) atoms. The first-order valence-electron chi connectivity index (χ1n) is 11.1. The Balaban J connectivity index is 1.76. The second-order valence-electron chi connectivity index (χ2n) is 8.28. The summed E-state index contributed by atoms with van der Waals surface area (Å²) in [5, 5.41) is 15.7. The molecule has 1 saturated heterocycles. The third kappa shape index (κ3) is 5.16. The van der Waals surface area contributed by atoms with Gasteiger partial charge in [0.15, 0.2) is 5.65 Å². The van der Waals surface area contributed by atoms with Crippen molar-refractivity contribution in [3.05, 3.63) is 18.6 Å². The second kappa shape index (κ2) is 10.9. The summed E-state index contributed by atoms with van der Waals surface area (Å²) in [4.78, 5) is 37.6. The number of piperidine rings is 1. The van der Waals surface area contributed by atoms with Gasteiger partial charge in [0, 0.05) is 32.9 Å². The Bertz CT molecular complexity index is 982. The van der Waals surface area contributed by atoms with E-state index in [0.29, 0.717) is 31.2 Å². The van der Waals surface area contributed by atoms with Crippen LogP contribution in [0.3, 0.4) is 0 Å². The lowest BCUT2D eigenvalue weighted by molar-refractivity contribution is -0.131. The Labute approximate surface area is 188 Å². The lowest BCUT2D eigenvalue weighted by atomic mass is 9.92. The third-order valence-electron chi connectivity index (χ3n) is 6.14. The molecule has 1 aliphatic heterocycles. The molecule has 0 bridgehead atoms. The van der Waals surface area contributed by atoms with Gasteiger partial charge in [-0.25, -0.2) is 14.8 Å². The van der Waals surface area contributed by atoms with Crippen molar-refractivity contribution in [3.63, 3.8) is 0 Å². The number of hydrogen-bond donors (Lipinski definition) is 2. The van der Waals surface area contributed by atoms with Crippen molar-refractivity contribution >= 4 is 28.8 Å². The van der Waals surface area contributed by atoms with Gasteiger partial charge in [-0.3, -0.25) is 9.36 Å². The molecule has 10 heteroatoms. The molecule has 0 saturated carbocycles. The van der Waals surface area contributed by atoms with Crippen LogP contribution in [0.15, 0.2) is 18.6 Å². The first kappa shape index (κ1) is 23.5. The number of hydrogen-bond acceptors (Lipinski definition) is 7. The highest BCUT2D eigenvalue weighted by atomic mass is 16.2.